The van der Waals surface area contributed by atoms with Crippen molar-refractivity contribution < 1.29 is 9.47 Å². The number of methoxy groups -OCH3 is 1. The third kappa shape index (κ3) is 7.73. The number of ether oxygens (including phenoxy) is 2. The Morgan fingerprint density at radius 3 is 2.53 bits per heavy atom. The van der Waals surface area contributed by atoms with Crippen molar-refractivity contribution in [1.82, 2.24) is 5.43 Å². The van der Waals surface area contributed by atoms with Crippen LogP contribution in [-0.4, -0.2) is 32.0 Å². The maximum absolute atomic E-state index is 5.45. The molecule has 0 saturated heterocycles. The van der Waals surface area contributed by atoms with Crippen molar-refractivity contribution in [1.29, 1.82) is 0 Å². The Hall–Kier alpha value is -0.160. The molecule has 92 valence electrons. The van der Waals surface area contributed by atoms with Crippen LogP contribution in [0.4, 0.5) is 0 Å². The minimum absolute atomic E-state index is 0.0835. The topological polar surface area (TPSA) is 56.5 Å². The predicted molar refractivity (Wildman–Crippen MR) is 62.5 cm³/mol. The molecular formula is C11H26N2O2. The molecule has 0 saturated carbocycles. The van der Waals surface area contributed by atoms with Crippen LogP contribution in [0.1, 0.15) is 40.0 Å². The van der Waals surface area contributed by atoms with Crippen LogP contribution >= 0.6 is 0 Å². The summed E-state index contributed by atoms with van der Waals surface area (Å²) in [4.78, 5) is 0. The van der Waals surface area contributed by atoms with Crippen LogP contribution in [0.3, 0.4) is 0 Å². The zero-order valence-electron chi connectivity index (χ0n) is 10.5. The molecule has 3 N–H and O–H groups in total. The van der Waals surface area contributed by atoms with Crippen LogP contribution in [0.25, 0.3) is 0 Å². The van der Waals surface area contributed by atoms with E-state index in [1.807, 2.05) is 0 Å². The van der Waals surface area contributed by atoms with Crippen molar-refractivity contribution in [2.75, 3.05) is 20.3 Å². The lowest BCUT2D eigenvalue weighted by Gasteiger charge is -2.25. The van der Waals surface area contributed by atoms with E-state index in [1.54, 1.807) is 7.11 Å². The summed E-state index contributed by atoms with van der Waals surface area (Å²) in [7, 11) is 1.73. The lowest BCUT2D eigenvalue weighted by atomic mass is 9.99. The number of hydrogen-bond acceptors (Lipinski definition) is 4. The van der Waals surface area contributed by atoms with E-state index in [4.69, 9.17) is 15.3 Å². The maximum Gasteiger partial charge on any atom is 0.0633 e. The number of hydrazine groups is 1. The van der Waals surface area contributed by atoms with Crippen LogP contribution in [0.2, 0.25) is 0 Å². The van der Waals surface area contributed by atoms with Gasteiger partial charge in [0.2, 0.25) is 0 Å². The van der Waals surface area contributed by atoms with E-state index < -0.39 is 0 Å². The Morgan fingerprint density at radius 1 is 1.40 bits per heavy atom. The van der Waals surface area contributed by atoms with Gasteiger partial charge in [0.15, 0.2) is 0 Å². The highest BCUT2D eigenvalue weighted by Crippen LogP contribution is 2.16. The van der Waals surface area contributed by atoms with Crippen LogP contribution in [0.5, 0.6) is 0 Å². The molecule has 0 bridgehead atoms. The smallest absolute Gasteiger partial charge is 0.0633 e. The molecule has 1 atom stereocenters. The van der Waals surface area contributed by atoms with Gasteiger partial charge in [0.05, 0.1) is 12.2 Å². The molecule has 0 aliphatic carbocycles. The van der Waals surface area contributed by atoms with Gasteiger partial charge in [-0.05, 0) is 33.1 Å². The third-order valence-electron chi connectivity index (χ3n) is 2.55. The molecule has 0 aromatic carbocycles. The second-order valence-corrected chi connectivity index (χ2v) is 4.44. The molecule has 0 heterocycles. The molecular weight excluding hydrogens is 192 g/mol. The zero-order valence-corrected chi connectivity index (χ0v) is 10.5. The first-order valence-electron chi connectivity index (χ1n) is 5.64. The van der Waals surface area contributed by atoms with E-state index in [-0.39, 0.29) is 11.6 Å². The molecule has 0 aromatic heterocycles. The summed E-state index contributed by atoms with van der Waals surface area (Å²) in [5.41, 5.74) is 2.69. The fraction of sp³-hybridized carbons (Fsp3) is 1.00. The van der Waals surface area contributed by atoms with Crippen LogP contribution in [-0.2, 0) is 9.47 Å². The zero-order chi connectivity index (χ0) is 11.7. The summed E-state index contributed by atoms with van der Waals surface area (Å²) in [5, 5.41) is 0. The Labute approximate surface area is 93.5 Å². The van der Waals surface area contributed by atoms with Gasteiger partial charge in [0, 0.05) is 19.8 Å². The van der Waals surface area contributed by atoms with Gasteiger partial charge in [-0.3, -0.25) is 11.3 Å². The summed E-state index contributed by atoms with van der Waals surface area (Å²) < 4.78 is 10.8. The average Bonchev–Trinajstić information content (AvgIpc) is 2.23. The van der Waals surface area contributed by atoms with Crippen molar-refractivity contribution in [3.8, 4) is 0 Å². The second-order valence-electron chi connectivity index (χ2n) is 4.44. The van der Waals surface area contributed by atoms with Gasteiger partial charge in [-0.2, -0.15) is 0 Å². The lowest BCUT2D eigenvalue weighted by Crippen LogP contribution is -2.40. The average molecular weight is 218 g/mol. The van der Waals surface area contributed by atoms with E-state index in [0.29, 0.717) is 6.61 Å². The molecule has 1 unspecified atom stereocenters. The summed E-state index contributed by atoms with van der Waals surface area (Å²) >= 11 is 0. The fourth-order valence-electron chi connectivity index (χ4n) is 1.21. The van der Waals surface area contributed by atoms with Crippen molar-refractivity contribution >= 4 is 0 Å². The van der Waals surface area contributed by atoms with Crippen molar-refractivity contribution in [2.45, 2.75) is 51.7 Å². The minimum atomic E-state index is -0.0835. The first-order valence-corrected chi connectivity index (χ1v) is 5.64. The minimum Gasteiger partial charge on any atom is -0.380 e. The number of rotatable bonds is 9. The number of nitrogens with one attached hydrogen (secondary N) is 1. The molecule has 4 nitrogen and oxygen atoms in total. The molecule has 0 spiro atoms. The third-order valence-corrected chi connectivity index (χ3v) is 2.55. The van der Waals surface area contributed by atoms with Gasteiger partial charge in [0.25, 0.3) is 0 Å². The summed E-state index contributed by atoms with van der Waals surface area (Å²) in [6, 6.07) is 0.214. The van der Waals surface area contributed by atoms with Crippen LogP contribution in [0.15, 0.2) is 0 Å². The SMILES string of the molecule is CCCOCC(CCC(C)(C)OC)NN. The highest BCUT2D eigenvalue weighted by molar-refractivity contribution is 4.72. The Kier molecular flexibility index (Phi) is 7.96. The van der Waals surface area contributed by atoms with E-state index in [9.17, 15) is 0 Å². The molecule has 0 aliphatic heterocycles. The largest absolute Gasteiger partial charge is 0.380 e. The van der Waals surface area contributed by atoms with E-state index in [1.165, 1.54) is 0 Å². The van der Waals surface area contributed by atoms with Gasteiger partial charge in [0.1, 0.15) is 0 Å². The molecule has 15 heavy (non-hydrogen) atoms. The van der Waals surface area contributed by atoms with Crippen molar-refractivity contribution in [3.63, 3.8) is 0 Å². The van der Waals surface area contributed by atoms with E-state index >= 15 is 0 Å². The molecule has 0 radical (unpaired) electrons. The first-order chi connectivity index (χ1) is 7.05. The molecule has 0 rings (SSSR count). The normalized spacial score (nSPS) is 14.2. The molecule has 0 aromatic rings. The van der Waals surface area contributed by atoms with Gasteiger partial charge in [-0.15, -0.1) is 0 Å². The van der Waals surface area contributed by atoms with Crippen molar-refractivity contribution in [2.24, 2.45) is 5.84 Å². The number of hydrogen-bond donors (Lipinski definition) is 2. The molecule has 0 aliphatic rings. The standard InChI is InChI=1S/C11H26N2O2/c1-5-8-15-9-10(13-12)6-7-11(2,3)14-4/h10,13H,5-9,12H2,1-4H3. The summed E-state index contributed by atoms with van der Waals surface area (Å²) in [6.07, 6.45) is 2.97. The van der Waals surface area contributed by atoms with Gasteiger partial charge >= 0.3 is 0 Å². The Morgan fingerprint density at radius 2 is 2.07 bits per heavy atom. The second kappa shape index (κ2) is 8.05. The van der Waals surface area contributed by atoms with Crippen LogP contribution in [0, 0.1) is 0 Å². The molecule has 4 heteroatoms. The lowest BCUT2D eigenvalue weighted by molar-refractivity contribution is 0.00810. The van der Waals surface area contributed by atoms with Gasteiger partial charge < -0.3 is 9.47 Å². The summed E-state index contributed by atoms with van der Waals surface area (Å²) in [5.74, 6) is 5.45. The number of nitrogens with two attached hydrogens (primary N) is 1. The molecule has 0 fully saturated rings. The first kappa shape index (κ1) is 14.8. The van der Waals surface area contributed by atoms with E-state index in [0.717, 1.165) is 25.9 Å². The summed E-state index contributed by atoms with van der Waals surface area (Å²) in [6.45, 7) is 7.72. The highest BCUT2D eigenvalue weighted by atomic mass is 16.5. The predicted octanol–water partition coefficient (Wildman–Crippen LogP) is 1.45. The fourth-order valence-corrected chi connectivity index (χ4v) is 1.21. The Bertz CT molecular complexity index is 152. The van der Waals surface area contributed by atoms with Crippen molar-refractivity contribution in [3.05, 3.63) is 0 Å². The van der Waals surface area contributed by atoms with Crippen LogP contribution < -0.4 is 11.3 Å². The monoisotopic (exact) mass is 218 g/mol. The van der Waals surface area contributed by atoms with E-state index in [2.05, 4.69) is 26.2 Å². The highest BCUT2D eigenvalue weighted by Gasteiger charge is 2.18. The van der Waals surface area contributed by atoms with Gasteiger partial charge in [-0.1, -0.05) is 6.92 Å². The maximum atomic E-state index is 5.45. The quantitative estimate of drug-likeness (QED) is 0.349. The van der Waals surface area contributed by atoms with Gasteiger partial charge in [-0.25, -0.2) is 0 Å². The molecule has 0 amide bonds. The Balaban J connectivity index is 3.69.